The van der Waals surface area contributed by atoms with Gasteiger partial charge in [0.2, 0.25) is 5.91 Å². The van der Waals surface area contributed by atoms with Crippen molar-refractivity contribution in [1.82, 2.24) is 4.90 Å². The number of anilines is 1. The van der Waals surface area contributed by atoms with E-state index >= 15 is 0 Å². The molecular formula is C27H35ClN2O6. The van der Waals surface area contributed by atoms with Crippen LogP contribution in [-0.2, 0) is 19.1 Å². The van der Waals surface area contributed by atoms with E-state index in [0.29, 0.717) is 49.4 Å². The molecule has 8 nitrogen and oxygen atoms in total. The molecule has 2 unspecified atom stereocenters. The van der Waals surface area contributed by atoms with E-state index in [-0.39, 0.29) is 25.0 Å². The highest BCUT2D eigenvalue weighted by molar-refractivity contribution is 6.34. The highest BCUT2D eigenvalue weighted by atomic mass is 35.5. The number of para-hydroxylation sites is 1. The number of likely N-dealkylation sites (tertiary alicyclic amines) is 1. The van der Waals surface area contributed by atoms with Gasteiger partial charge in [0.15, 0.2) is 0 Å². The Morgan fingerprint density at radius 1 is 1.25 bits per heavy atom. The summed E-state index contributed by atoms with van der Waals surface area (Å²) in [5.74, 6) is -3.62. The van der Waals surface area contributed by atoms with E-state index < -0.39 is 35.0 Å². The van der Waals surface area contributed by atoms with Crippen LogP contribution < -0.4 is 4.90 Å². The van der Waals surface area contributed by atoms with Crippen molar-refractivity contribution < 1.29 is 29.3 Å². The van der Waals surface area contributed by atoms with E-state index in [9.17, 15) is 19.5 Å². The zero-order valence-corrected chi connectivity index (χ0v) is 21.5. The van der Waals surface area contributed by atoms with Gasteiger partial charge in [-0.3, -0.25) is 14.4 Å². The predicted molar refractivity (Wildman–Crippen MR) is 136 cm³/mol. The molecule has 2 N–H and O–H groups in total. The molecule has 3 aliphatic rings. The number of aliphatic carboxylic acids is 1. The van der Waals surface area contributed by atoms with E-state index in [1.807, 2.05) is 6.92 Å². The third-order valence-corrected chi connectivity index (χ3v) is 8.53. The first-order valence-corrected chi connectivity index (χ1v) is 13.2. The first kappa shape index (κ1) is 26.6. The van der Waals surface area contributed by atoms with Crippen LogP contribution in [0.25, 0.3) is 0 Å². The van der Waals surface area contributed by atoms with E-state index in [1.54, 1.807) is 35.2 Å². The molecule has 2 amide bonds. The van der Waals surface area contributed by atoms with Gasteiger partial charge in [-0.05, 0) is 44.2 Å². The average molecular weight is 519 g/mol. The van der Waals surface area contributed by atoms with Crippen molar-refractivity contribution in [3.8, 4) is 0 Å². The summed E-state index contributed by atoms with van der Waals surface area (Å²) in [6.07, 6.45) is 5.90. The van der Waals surface area contributed by atoms with E-state index in [4.69, 9.17) is 21.4 Å². The number of amides is 2. The fourth-order valence-electron chi connectivity index (χ4n) is 6.62. The van der Waals surface area contributed by atoms with Crippen LogP contribution in [0.3, 0.4) is 0 Å². The number of aliphatic hydroxyl groups excluding tert-OH is 1. The van der Waals surface area contributed by atoms with Gasteiger partial charge >= 0.3 is 5.97 Å². The quantitative estimate of drug-likeness (QED) is 0.323. The molecule has 1 aromatic rings. The van der Waals surface area contributed by atoms with Crippen LogP contribution in [0.4, 0.5) is 5.69 Å². The molecule has 3 heterocycles. The van der Waals surface area contributed by atoms with Gasteiger partial charge in [0.1, 0.15) is 17.6 Å². The predicted octanol–water partition coefficient (Wildman–Crippen LogP) is 3.65. The minimum atomic E-state index is -1.20. The number of hydrogen-bond donors (Lipinski definition) is 2. The summed E-state index contributed by atoms with van der Waals surface area (Å²) in [5.41, 5.74) is -1.64. The summed E-state index contributed by atoms with van der Waals surface area (Å²) in [7, 11) is 0. The second kappa shape index (κ2) is 10.5. The van der Waals surface area contributed by atoms with Crippen molar-refractivity contribution in [1.29, 1.82) is 0 Å². The molecule has 3 aliphatic heterocycles. The van der Waals surface area contributed by atoms with Gasteiger partial charge in [-0.15, -0.1) is 6.58 Å². The maximum atomic E-state index is 14.3. The van der Waals surface area contributed by atoms with Gasteiger partial charge in [0.25, 0.3) is 5.91 Å². The first-order valence-electron chi connectivity index (χ1n) is 12.8. The number of halogens is 1. The van der Waals surface area contributed by atoms with Crippen molar-refractivity contribution in [2.45, 2.75) is 69.1 Å². The molecule has 3 saturated heterocycles. The number of nitrogens with zero attached hydrogens (tertiary/aromatic N) is 2. The molecular weight excluding hydrogens is 484 g/mol. The normalized spacial score (nSPS) is 30.5. The summed E-state index contributed by atoms with van der Waals surface area (Å²) < 4.78 is 6.59. The number of carboxylic acid groups (broad SMARTS) is 1. The SMILES string of the molecule is C=CCN(C(=O)C1N(CCCCCCO)C(=O)[C@@H]2[C@@H](C(=O)O)[C@@]3(CC)CCC12O3)c1ccccc1Cl. The zero-order valence-electron chi connectivity index (χ0n) is 20.7. The minimum absolute atomic E-state index is 0.108. The fourth-order valence-corrected chi connectivity index (χ4v) is 6.85. The molecule has 3 fully saturated rings. The number of rotatable bonds is 12. The van der Waals surface area contributed by atoms with E-state index in [2.05, 4.69) is 6.58 Å². The zero-order chi connectivity index (χ0) is 26.1. The molecule has 0 aromatic heterocycles. The molecule has 0 aliphatic carbocycles. The molecule has 196 valence electrons. The van der Waals surface area contributed by atoms with Gasteiger partial charge in [0.05, 0.1) is 22.2 Å². The summed E-state index contributed by atoms with van der Waals surface area (Å²) in [5, 5.41) is 19.7. The number of carboxylic acids is 1. The Labute approximate surface area is 216 Å². The smallest absolute Gasteiger partial charge is 0.310 e. The van der Waals surface area contributed by atoms with Gasteiger partial charge in [-0.2, -0.15) is 0 Å². The second-order valence-electron chi connectivity index (χ2n) is 10.0. The third-order valence-electron chi connectivity index (χ3n) is 8.21. The van der Waals surface area contributed by atoms with Crippen molar-refractivity contribution in [3.63, 3.8) is 0 Å². The number of benzene rings is 1. The second-order valence-corrected chi connectivity index (χ2v) is 10.4. The molecule has 36 heavy (non-hydrogen) atoms. The van der Waals surface area contributed by atoms with Gasteiger partial charge in [-0.1, -0.05) is 49.6 Å². The number of fused-ring (bicyclic) bond motifs is 1. The van der Waals surface area contributed by atoms with Gasteiger partial charge < -0.3 is 24.7 Å². The molecule has 1 aromatic carbocycles. The van der Waals surface area contributed by atoms with Crippen LogP contribution >= 0.6 is 11.6 Å². The lowest BCUT2D eigenvalue weighted by atomic mass is 9.65. The molecule has 9 heteroatoms. The Kier molecular flexibility index (Phi) is 7.78. The molecule has 4 rings (SSSR count). The number of ether oxygens (including phenoxy) is 1. The lowest BCUT2D eigenvalue weighted by molar-refractivity contribution is -0.155. The van der Waals surface area contributed by atoms with Crippen LogP contribution in [0.2, 0.25) is 5.02 Å². The van der Waals surface area contributed by atoms with Crippen molar-refractivity contribution in [3.05, 3.63) is 41.9 Å². The number of carbonyl (C=O) groups is 3. The Morgan fingerprint density at radius 3 is 2.61 bits per heavy atom. The van der Waals surface area contributed by atoms with Crippen molar-refractivity contribution in [2.24, 2.45) is 11.8 Å². The third kappa shape index (κ3) is 4.13. The Morgan fingerprint density at radius 2 is 1.97 bits per heavy atom. The van der Waals surface area contributed by atoms with Gasteiger partial charge in [-0.25, -0.2) is 0 Å². The van der Waals surface area contributed by atoms with Crippen LogP contribution in [-0.4, -0.2) is 69.8 Å². The van der Waals surface area contributed by atoms with Crippen LogP contribution in [0.1, 0.15) is 51.9 Å². The lowest BCUT2D eigenvalue weighted by Crippen LogP contribution is -2.56. The largest absolute Gasteiger partial charge is 0.481 e. The van der Waals surface area contributed by atoms with Crippen LogP contribution in [0.15, 0.2) is 36.9 Å². The molecule has 0 radical (unpaired) electrons. The van der Waals surface area contributed by atoms with Crippen molar-refractivity contribution >= 4 is 35.1 Å². The number of hydrogen-bond acceptors (Lipinski definition) is 5. The fraction of sp³-hybridized carbons (Fsp3) is 0.593. The average Bonchev–Trinajstić information content (AvgIpc) is 3.46. The molecule has 2 bridgehead atoms. The van der Waals surface area contributed by atoms with E-state index in [0.717, 1.165) is 12.8 Å². The molecule has 5 atom stereocenters. The lowest BCUT2D eigenvalue weighted by Gasteiger charge is -2.37. The molecule has 1 spiro atoms. The topological polar surface area (TPSA) is 107 Å². The highest BCUT2D eigenvalue weighted by Gasteiger charge is 2.79. The number of unbranched alkanes of at least 4 members (excludes halogenated alkanes) is 3. The number of aliphatic hydroxyl groups is 1. The summed E-state index contributed by atoms with van der Waals surface area (Å²) in [6, 6.07) is 6.05. The highest BCUT2D eigenvalue weighted by Crippen LogP contribution is 2.64. The Balaban J connectivity index is 1.75. The van der Waals surface area contributed by atoms with Crippen molar-refractivity contribution in [2.75, 3.05) is 24.6 Å². The summed E-state index contributed by atoms with van der Waals surface area (Å²) >= 11 is 6.46. The monoisotopic (exact) mass is 518 g/mol. The van der Waals surface area contributed by atoms with Gasteiger partial charge in [0, 0.05) is 19.7 Å². The number of carbonyl (C=O) groups excluding carboxylic acids is 2. The minimum Gasteiger partial charge on any atom is -0.481 e. The standard InChI is InChI=1S/C27H35ClN2O6/c1-3-15-29(19-12-8-7-11-18(19)28)24(33)22-27-14-13-26(4-2,36-27)21(25(34)35)20(27)23(32)30(22)16-9-5-6-10-17-31/h3,7-8,11-12,20-22,31H,1,4-6,9-10,13-17H2,2H3,(H,34,35)/t20-,21-,22?,26+,27?/m0/s1. The Bertz CT molecular complexity index is 1030. The maximum Gasteiger partial charge on any atom is 0.310 e. The Hall–Kier alpha value is -2.42. The van der Waals surface area contributed by atoms with Crippen LogP contribution in [0.5, 0.6) is 0 Å². The summed E-state index contributed by atoms with van der Waals surface area (Å²) in [6.45, 7) is 6.29. The molecule has 0 saturated carbocycles. The summed E-state index contributed by atoms with van der Waals surface area (Å²) in [4.78, 5) is 43.8. The van der Waals surface area contributed by atoms with Crippen LogP contribution in [0, 0.1) is 11.8 Å². The van der Waals surface area contributed by atoms with E-state index in [1.165, 1.54) is 4.90 Å². The maximum absolute atomic E-state index is 14.3. The first-order chi connectivity index (χ1) is 17.3.